The number of aromatic nitrogens is 3. The van der Waals surface area contributed by atoms with Crippen LogP contribution in [0.4, 0.5) is 9.80 Å². The smallest absolute Gasteiger partial charge is 0.412 e. The average molecular weight is 412 g/mol. The van der Waals surface area contributed by atoms with Gasteiger partial charge in [0, 0.05) is 6.20 Å². The molecule has 1 N–H and O–H groups in total. The molecule has 0 radical (unpaired) electrons. The molecule has 0 fully saturated rings. The molecule has 0 bridgehead atoms. The second kappa shape index (κ2) is 7.53. The number of nitrogens with one attached hydrogen (secondary N) is 1. The van der Waals surface area contributed by atoms with E-state index in [1.807, 2.05) is 23.6 Å². The number of anilines is 1. The number of hydrogen-bond donors (Lipinski definition) is 1. The third-order valence-corrected chi connectivity index (χ3v) is 5.71. The Morgan fingerprint density at radius 2 is 2.07 bits per heavy atom. The van der Waals surface area contributed by atoms with Crippen molar-refractivity contribution >= 4 is 45.2 Å². The molecule has 4 aromatic heterocycles. The molecule has 0 spiro atoms. The number of amides is 1. The molecule has 9 heteroatoms. The van der Waals surface area contributed by atoms with Gasteiger partial charge in [0.1, 0.15) is 0 Å². The minimum absolute atomic E-state index is 0.0976. The molecule has 142 valence electrons. The summed E-state index contributed by atoms with van der Waals surface area (Å²) in [6.45, 7) is 3.58. The van der Waals surface area contributed by atoms with Crippen molar-refractivity contribution in [2.45, 2.75) is 20.0 Å². The summed E-state index contributed by atoms with van der Waals surface area (Å²) in [5.74, 6) is -0.0976. The van der Waals surface area contributed by atoms with Crippen molar-refractivity contribution < 1.29 is 14.3 Å². The Bertz CT molecular complexity index is 1150. The lowest BCUT2D eigenvalue weighted by Gasteiger charge is -2.07. The first-order valence-corrected chi connectivity index (χ1v) is 10.2. The molecule has 7 nitrogen and oxygen atoms in total. The van der Waals surface area contributed by atoms with Gasteiger partial charge in [-0.3, -0.25) is 10.1 Å². The molecular weight excluding hydrogens is 396 g/mol. The zero-order valence-electron chi connectivity index (χ0n) is 15.1. The van der Waals surface area contributed by atoms with E-state index in [4.69, 9.17) is 4.74 Å². The lowest BCUT2D eigenvalue weighted by atomic mass is 10.2. The zero-order valence-corrected chi connectivity index (χ0v) is 16.7. The van der Waals surface area contributed by atoms with Gasteiger partial charge in [-0.15, -0.1) is 22.7 Å². The summed E-state index contributed by atoms with van der Waals surface area (Å²) in [7, 11) is 0. The molecular formula is C19H16N4O3S2. The summed E-state index contributed by atoms with van der Waals surface area (Å²) in [6.07, 6.45) is 2.51. The first-order chi connectivity index (χ1) is 13.5. The molecule has 0 atom stereocenters. The molecule has 0 aromatic carbocycles. The summed E-state index contributed by atoms with van der Waals surface area (Å²) >= 11 is 2.78. The van der Waals surface area contributed by atoms with Gasteiger partial charge < -0.3 is 4.74 Å². The highest BCUT2D eigenvalue weighted by Crippen LogP contribution is 2.32. The second-order valence-corrected chi connectivity index (χ2v) is 8.20. The van der Waals surface area contributed by atoms with E-state index >= 15 is 0 Å². The Labute approximate surface area is 168 Å². The highest BCUT2D eigenvalue weighted by atomic mass is 32.1. The van der Waals surface area contributed by atoms with E-state index < -0.39 is 6.09 Å². The highest BCUT2D eigenvalue weighted by Gasteiger charge is 2.19. The van der Waals surface area contributed by atoms with E-state index in [1.165, 1.54) is 22.7 Å². The number of rotatable bonds is 5. The molecule has 4 rings (SSSR count). The molecule has 0 saturated heterocycles. The Hall–Kier alpha value is -3.04. The van der Waals surface area contributed by atoms with Crippen molar-refractivity contribution in [2.75, 3.05) is 5.32 Å². The highest BCUT2D eigenvalue weighted by molar-refractivity contribution is 7.19. The first-order valence-electron chi connectivity index (χ1n) is 8.51. The summed E-state index contributed by atoms with van der Waals surface area (Å²) < 4.78 is 6.74. The van der Waals surface area contributed by atoms with E-state index in [1.54, 1.807) is 42.9 Å². The van der Waals surface area contributed by atoms with Crippen LogP contribution in [0.1, 0.15) is 29.1 Å². The summed E-state index contributed by atoms with van der Waals surface area (Å²) in [6, 6.07) is 9.13. The number of hydrogen-bond acceptors (Lipinski definition) is 7. The van der Waals surface area contributed by atoms with Crippen molar-refractivity contribution in [3.63, 3.8) is 0 Å². The zero-order chi connectivity index (χ0) is 19.7. The van der Waals surface area contributed by atoms with Gasteiger partial charge in [0.25, 0.3) is 0 Å². The minimum Gasteiger partial charge on any atom is -0.447 e. The van der Waals surface area contributed by atoms with E-state index in [-0.39, 0.29) is 11.9 Å². The normalized spacial score (nSPS) is 11.1. The number of nitrogens with zero attached hydrogens (tertiary/aromatic N) is 3. The number of fused-ring (bicyclic) bond motifs is 1. The number of thiophene rings is 2. The van der Waals surface area contributed by atoms with E-state index in [0.29, 0.717) is 21.1 Å². The Morgan fingerprint density at radius 1 is 1.21 bits per heavy atom. The Balaban J connectivity index is 1.65. The van der Waals surface area contributed by atoms with Crippen molar-refractivity contribution in [1.29, 1.82) is 0 Å². The van der Waals surface area contributed by atoms with Gasteiger partial charge >= 0.3 is 6.09 Å². The lowest BCUT2D eigenvalue weighted by Crippen LogP contribution is -2.17. The predicted molar refractivity (Wildman–Crippen MR) is 109 cm³/mol. The van der Waals surface area contributed by atoms with Crippen LogP contribution in [0.5, 0.6) is 0 Å². The summed E-state index contributed by atoms with van der Waals surface area (Å²) in [5.41, 5.74) is 1.74. The van der Waals surface area contributed by atoms with Crippen LogP contribution in [0.2, 0.25) is 0 Å². The largest absolute Gasteiger partial charge is 0.447 e. The quantitative estimate of drug-likeness (QED) is 0.480. The number of carbonyl (C=O) groups is 2. The minimum atomic E-state index is -0.494. The first kappa shape index (κ1) is 18.3. The fourth-order valence-corrected chi connectivity index (χ4v) is 4.25. The monoisotopic (exact) mass is 412 g/mol. The molecule has 0 unspecified atom stereocenters. The number of ketones is 1. The molecule has 4 heterocycles. The van der Waals surface area contributed by atoms with Crippen LogP contribution in [-0.4, -0.2) is 32.6 Å². The van der Waals surface area contributed by atoms with Crippen molar-refractivity contribution in [1.82, 2.24) is 14.6 Å². The molecule has 28 heavy (non-hydrogen) atoms. The van der Waals surface area contributed by atoms with Crippen LogP contribution in [-0.2, 0) is 4.74 Å². The van der Waals surface area contributed by atoms with Crippen LogP contribution in [0.3, 0.4) is 0 Å². The van der Waals surface area contributed by atoms with Crippen molar-refractivity contribution in [2.24, 2.45) is 0 Å². The van der Waals surface area contributed by atoms with Gasteiger partial charge in [-0.25, -0.2) is 14.3 Å². The summed E-state index contributed by atoms with van der Waals surface area (Å²) in [4.78, 5) is 30.4. The van der Waals surface area contributed by atoms with Gasteiger partial charge in [-0.05, 0) is 43.5 Å². The third kappa shape index (κ3) is 3.54. The van der Waals surface area contributed by atoms with Crippen LogP contribution >= 0.6 is 22.7 Å². The van der Waals surface area contributed by atoms with Crippen LogP contribution in [0.15, 0.2) is 48.1 Å². The van der Waals surface area contributed by atoms with Gasteiger partial charge in [0.15, 0.2) is 5.65 Å². The Morgan fingerprint density at radius 3 is 2.82 bits per heavy atom. The summed E-state index contributed by atoms with van der Waals surface area (Å²) in [5, 5.41) is 9.60. The molecule has 4 aromatic rings. The van der Waals surface area contributed by atoms with Gasteiger partial charge in [-0.2, -0.15) is 5.10 Å². The van der Waals surface area contributed by atoms with Crippen LogP contribution in [0.25, 0.3) is 16.2 Å². The topological polar surface area (TPSA) is 85.6 Å². The van der Waals surface area contributed by atoms with Crippen molar-refractivity contribution in [3.8, 4) is 10.6 Å². The average Bonchev–Trinajstić information content (AvgIpc) is 3.40. The van der Waals surface area contributed by atoms with Gasteiger partial charge in [-0.1, -0.05) is 6.07 Å². The SMILES string of the molecule is CC(C)OC(=O)Nc1ccc(-c2ccnc3c(C(=O)c4cccs4)cnn23)s1. The fourth-order valence-electron chi connectivity index (χ4n) is 2.67. The molecule has 0 saturated carbocycles. The fraction of sp³-hybridized carbons (Fsp3) is 0.158. The second-order valence-electron chi connectivity index (χ2n) is 6.17. The van der Waals surface area contributed by atoms with Crippen molar-refractivity contribution in [3.05, 3.63) is 58.5 Å². The van der Waals surface area contributed by atoms with Crippen LogP contribution < -0.4 is 5.32 Å². The van der Waals surface area contributed by atoms with Gasteiger partial charge in [0.2, 0.25) is 5.78 Å². The molecule has 1 amide bonds. The predicted octanol–water partition coefficient (Wildman–Crippen LogP) is 4.71. The molecule has 0 aliphatic carbocycles. The Kier molecular flexibility index (Phi) is 4.93. The number of carbonyl (C=O) groups excluding carboxylic acids is 2. The standard InChI is InChI=1S/C19H16N4O3S2/c1-11(2)26-19(25)22-16-6-5-14(28-16)13-7-8-20-18-12(10-21-23(13)18)17(24)15-4-3-9-27-15/h3-11H,1-2H3,(H,22,25). The molecule has 0 aliphatic rings. The van der Waals surface area contributed by atoms with Gasteiger partial charge in [0.05, 0.1) is 38.3 Å². The van der Waals surface area contributed by atoms with E-state index in [9.17, 15) is 9.59 Å². The maximum atomic E-state index is 12.7. The van der Waals surface area contributed by atoms with Crippen LogP contribution in [0, 0.1) is 0 Å². The van der Waals surface area contributed by atoms with E-state index in [2.05, 4.69) is 15.4 Å². The maximum absolute atomic E-state index is 12.7. The molecule has 0 aliphatic heterocycles. The lowest BCUT2D eigenvalue weighted by molar-refractivity contribution is 0.104. The van der Waals surface area contributed by atoms with E-state index in [0.717, 1.165) is 10.6 Å². The third-order valence-electron chi connectivity index (χ3n) is 3.82. The number of ether oxygens (including phenoxy) is 1. The maximum Gasteiger partial charge on any atom is 0.412 e.